The van der Waals surface area contributed by atoms with E-state index in [2.05, 4.69) is 12.2 Å². The second-order valence-electron chi connectivity index (χ2n) is 5.22. The molecule has 86 valence electrons. The molecule has 0 aromatic carbocycles. The molecule has 3 heteroatoms. The Morgan fingerprint density at radius 2 is 1.93 bits per heavy atom. The van der Waals surface area contributed by atoms with Crippen LogP contribution in [0.15, 0.2) is 0 Å². The first-order valence-corrected chi connectivity index (χ1v) is 6.24. The van der Waals surface area contributed by atoms with E-state index >= 15 is 0 Å². The van der Waals surface area contributed by atoms with Gasteiger partial charge in [-0.2, -0.15) is 0 Å². The average molecular weight is 210 g/mol. The van der Waals surface area contributed by atoms with Crippen LogP contribution in [0.1, 0.15) is 45.4 Å². The average Bonchev–Trinajstić information content (AvgIpc) is 2.76. The van der Waals surface area contributed by atoms with Crippen LogP contribution in [-0.2, 0) is 4.79 Å². The van der Waals surface area contributed by atoms with Gasteiger partial charge in [0, 0.05) is 18.0 Å². The Morgan fingerprint density at radius 3 is 2.47 bits per heavy atom. The normalized spacial score (nSPS) is 40.7. The lowest BCUT2D eigenvalue weighted by atomic mass is 9.96. The largest absolute Gasteiger partial charge is 0.352 e. The van der Waals surface area contributed by atoms with Gasteiger partial charge in [0.15, 0.2) is 0 Å². The molecule has 0 aliphatic heterocycles. The molecule has 0 aromatic rings. The lowest BCUT2D eigenvalue weighted by Gasteiger charge is -2.21. The highest BCUT2D eigenvalue weighted by Gasteiger charge is 2.33. The number of amides is 1. The van der Waals surface area contributed by atoms with Crippen LogP contribution in [0.5, 0.6) is 0 Å². The zero-order chi connectivity index (χ0) is 10.8. The van der Waals surface area contributed by atoms with E-state index in [9.17, 15) is 4.79 Å². The number of carbonyl (C=O) groups is 1. The third kappa shape index (κ3) is 2.33. The van der Waals surface area contributed by atoms with Crippen molar-refractivity contribution >= 4 is 5.91 Å². The molecule has 3 nitrogen and oxygen atoms in total. The van der Waals surface area contributed by atoms with Crippen molar-refractivity contribution in [3.63, 3.8) is 0 Å². The standard InChI is InChI=1S/C12H22N2O/c1-8-4-2-5-9(8)12(15)14-11-7-3-6-10(11)13/h8-11H,2-7,13H2,1H3,(H,14,15). The molecule has 2 fully saturated rings. The van der Waals surface area contributed by atoms with Gasteiger partial charge in [-0.25, -0.2) is 0 Å². The summed E-state index contributed by atoms with van der Waals surface area (Å²) in [6, 6.07) is 0.427. The lowest BCUT2D eigenvalue weighted by Crippen LogP contribution is -2.46. The molecule has 2 saturated carbocycles. The molecule has 3 N–H and O–H groups in total. The van der Waals surface area contributed by atoms with Gasteiger partial charge < -0.3 is 11.1 Å². The van der Waals surface area contributed by atoms with Gasteiger partial charge in [-0.05, 0) is 38.0 Å². The summed E-state index contributed by atoms with van der Waals surface area (Å²) in [4.78, 5) is 12.0. The summed E-state index contributed by atoms with van der Waals surface area (Å²) >= 11 is 0. The molecule has 15 heavy (non-hydrogen) atoms. The van der Waals surface area contributed by atoms with Gasteiger partial charge in [-0.3, -0.25) is 4.79 Å². The van der Waals surface area contributed by atoms with Gasteiger partial charge in [-0.15, -0.1) is 0 Å². The van der Waals surface area contributed by atoms with E-state index in [4.69, 9.17) is 5.73 Å². The van der Waals surface area contributed by atoms with Gasteiger partial charge in [0.25, 0.3) is 0 Å². The zero-order valence-corrected chi connectivity index (χ0v) is 9.54. The van der Waals surface area contributed by atoms with Gasteiger partial charge in [0.2, 0.25) is 5.91 Å². The molecule has 0 bridgehead atoms. The minimum Gasteiger partial charge on any atom is -0.352 e. The van der Waals surface area contributed by atoms with Crippen molar-refractivity contribution in [2.24, 2.45) is 17.6 Å². The predicted molar refractivity (Wildman–Crippen MR) is 60.3 cm³/mol. The molecule has 0 heterocycles. The fraction of sp³-hybridized carbons (Fsp3) is 0.917. The Kier molecular flexibility index (Phi) is 3.29. The van der Waals surface area contributed by atoms with E-state index in [-0.39, 0.29) is 23.9 Å². The molecular formula is C12H22N2O. The van der Waals surface area contributed by atoms with Crippen LogP contribution in [0.3, 0.4) is 0 Å². The zero-order valence-electron chi connectivity index (χ0n) is 9.54. The van der Waals surface area contributed by atoms with Crippen LogP contribution in [-0.4, -0.2) is 18.0 Å². The summed E-state index contributed by atoms with van der Waals surface area (Å²) < 4.78 is 0. The summed E-state index contributed by atoms with van der Waals surface area (Å²) in [6.45, 7) is 2.19. The van der Waals surface area contributed by atoms with E-state index in [1.807, 2.05) is 0 Å². The quantitative estimate of drug-likeness (QED) is 0.724. The highest BCUT2D eigenvalue weighted by molar-refractivity contribution is 5.79. The third-order valence-electron chi connectivity index (χ3n) is 4.10. The molecule has 2 rings (SSSR count). The third-order valence-corrected chi connectivity index (χ3v) is 4.10. The van der Waals surface area contributed by atoms with Crippen molar-refractivity contribution in [3.8, 4) is 0 Å². The summed E-state index contributed by atoms with van der Waals surface area (Å²) in [5, 5.41) is 3.14. The molecular weight excluding hydrogens is 188 g/mol. The molecule has 0 spiro atoms. The van der Waals surface area contributed by atoms with Crippen molar-refractivity contribution in [2.75, 3.05) is 0 Å². The first kappa shape index (κ1) is 10.9. The van der Waals surface area contributed by atoms with E-state index < -0.39 is 0 Å². The smallest absolute Gasteiger partial charge is 0.223 e. The monoisotopic (exact) mass is 210 g/mol. The van der Waals surface area contributed by atoms with Crippen LogP contribution in [0, 0.1) is 11.8 Å². The fourth-order valence-electron chi connectivity index (χ4n) is 2.99. The topological polar surface area (TPSA) is 55.1 Å². The highest BCUT2D eigenvalue weighted by Crippen LogP contribution is 2.31. The molecule has 4 unspecified atom stereocenters. The van der Waals surface area contributed by atoms with E-state index in [1.54, 1.807) is 0 Å². The molecule has 0 radical (unpaired) electrons. The summed E-state index contributed by atoms with van der Waals surface area (Å²) in [5.74, 6) is 1.06. The Bertz CT molecular complexity index is 242. The molecule has 1 amide bonds. The van der Waals surface area contributed by atoms with Crippen molar-refractivity contribution < 1.29 is 4.79 Å². The van der Waals surface area contributed by atoms with E-state index in [1.165, 1.54) is 12.8 Å². The molecule has 2 aliphatic carbocycles. The van der Waals surface area contributed by atoms with Crippen LogP contribution >= 0.6 is 0 Å². The maximum atomic E-state index is 12.0. The minimum absolute atomic E-state index is 0.186. The number of rotatable bonds is 2. The molecule has 0 saturated heterocycles. The first-order valence-electron chi connectivity index (χ1n) is 6.24. The number of hydrogen-bond donors (Lipinski definition) is 2. The van der Waals surface area contributed by atoms with Gasteiger partial charge in [0.1, 0.15) is 0 Å². The lowest BCUT2D eigenvalue weighted by molar-refractivity contribution is -0.126. The first-order chi connectivity index (χ1) is 7.18. The maximum absolute atomic E-state index is 12.0. The van der Waals surface area contributed by atoms with Crippen LogP contribution in [0.2, 0.25) is 0 Å². The van der Waals surface area contributed by atoms with Crippen LogP contribution < -0.4 is 11.1 Å². The predicted octanol–water partition coefficient (Wildman–Crippen LogP) is 1.42. The SMILES string of the molecule is CC1CCCC1C(=O)NC1CCCC1N. The second-order valence-corrected chi connectivity index (χ2v) is 5.22. The number of carbonyl (C=O) groups excluding carboxylic acids is 1. The summed E-state index contributed by atoms with van der Waals surface area (Å²) in [7, 11) is 0. The van der Waals surface area contributed by atoms with Crippen molar-refractivity contribution in [3.05, 3.63) is 0 Å². The Morgan fingerprint density at radius 1 is 1.20 bits per heavy atom. The van der Waals surface area contributed by atoms with Crippen LogP contribution in [0.25, 0.3) is 0 Å². The van der Waals surface area contributed by atoms with Gasteiger partial charge in [0.05, 0.1) is 0 Å². The highest BCUT2D eigenvalue weighted by atomic mass is 16.2. The Labute approximate surface area is 91.8 Å². The maximum Gasteiger partial charge on any atom is 0.223 e. The number of hydrogen-bond acceptors (Lipinski definition) is 2. The number of nitrogens with two attached hydrogens (primary N) is 1. The van der Waals surface area contributed by atoms with Gasteiger partial charge in [-0.1, -0.05) is 13.3 Å². The molecule has 2 aliphatic rings. The summed E-state index contributed by atoms with van der Waals surface area (Å²) in [6.07, 6.45) is 6.76. The van der Waals surface area contributed by atoms with E-state index in [0.29, 0.717) is 5.92 Å². The second kappa shape index (κ2) is 4.52. The van der Waals surface area contributed by atoms with Crippen molar-refractivity contribution in [1.29, 1.82) is 0 Å². The van der Waals surface area contributed by atoms with Crippen LogP contribution in [0.4, 0.5) is 0 Å². The van der Waals surface area contributed by atoms with Crippen molar-refractivity contribution in [2.45, 2.75) is 57.5 Å². The Balaban J connectivity index is 1.86. The number of nitrogens with one attached hydrogen (secondary N) is 1. The van der Waals surface area contributed by atoms with Crippen molar-refractivity contribution in [1.82, 2.24) is 5.32 Å². The molecule has 0 aromatic heterocycles. The summed E-state index contributed by atoms with van der Waals surface area (Å²) in [5.41, 5.74) is 5.95. The minimum atomic E-state index is 0.186. The fourth-order valence-corrected chi connectivity index (χ4v) is 2.99. The van der Waals surface area contributed by atoms with Gasteiger partial charge >= 0.3 is 0 Å². The Hall–Kier alpha value is -0.570. The van der Waals surface area contributed by atoms with E-state index in [0.717, 1.165) is 25.7 Å². The molecule has 4 atom stereocenters.